The Labute approximate surface area is 252 Å². The van der Waals surface area contributed by atoms with Gasteiger partial charge in [0.25, 0.3) is 0 Å². The predicted molar refractivity (Wildman–Crippen MR) is 162 cm³/mol. The monoisotopic (exact) mass is 580 g/mol. The third-order valence-corrected chi connectivity index (χ3v) is 7.62. The van der Waals surface area contributed by atoms with E-state index in [0.717, 1.165) is 33.8 Å². The highest BCUT2D eigenvalue weighted by atomic mass is 16.7. The first-order chi connectivity index (χ1) is 21.2. The molecule has 2 saturated heterocycles. The third kappa shape index (κ3) is 7.09. The van der Waals surface area contributed by atoms with Gasteiger partial charge in [0, 0.05) is 5.56 Å². The quantitative estimate of drug-likeness (QED) is 0.206. The molecular formula is C36H36O7. The molecule has 2 aliphatic heterocycles. The second-order valence-electron chi connectivity index (χ2n) is 10.5. The molecule has 43 heavy (non-hydrogen) atoms. The average Bonchev–Trinajstić information content (AvgIpc) is 3.07. The van der Waals surface area contributed by atoms with E-state index in [1.54, 1.807) is 14.2 Å². The topological polar surface area (TPSA) is 64.6 Å². The van der Waals surface area contributed by atoms with Gasteiger partial charge in [0.05, 0.1) is 34.0 Å². The van der Waals surface area contributed by atoms with Gasteiger partial charge in [0.15, 0.2) is 12.4 Å². The number of rotatable bonds is 10. The van der Waals surface area contributed by atoms with E-state index in [9.17, 15) is 0 Å². The molecule has 0 amide bonds. The minimum Gasteiger partial charge on any atom is -0.497 e. The fourth-order valence-corrected chi connectivity index (χ4v) is 5.31. The molecule has 2 aliphatic rings. The van der Waals surface area contributed by atoms with E-state index in [-0.39, 0.29) is 6.10 Å². The van der Waals surface area contributed by atoms with Gasteiger partial charge in [-0.2, -0.15) is 0 Å². The Morgan fingerprint density at radius 2 is 1.28 bits per heavy atom. The predicted octanol–water partition coefficient (Wildman–Crippen LogP) is 6.73. The zero-order chi connectivity index (χ0) is 29.4. The Hall–Kier alpha value is -4.14. The normalized spacial score (nSPS) is 24.1. The van der Waals surface area contributed by atoms with Gasteiger partial charge in [-0.3, -0.25) is 0 Å². The van der Waals surface area contributed by atoms with E-state index in [2.05, 4.69) is 0 Å². The molecule has 5 atom stereocenters. The van der Waals surface area contributed by atoms with Crippen LogP contribution in [0.5, 0.6) is 11.5 Å². The van der Waals surface area contributed by atoms with Gasteiger partial charge in [-0.25, -0.2) is 0 Å². The van der Waals surface area contributed by atoms with E-state index in [1.165, 1.54) is 0 Å². The lowest BCUT2D eigenvalue weighted by Crippen LogP contribution is -2.58. The van der Waals surface area contributed by atoms with Crippen molar-refractivity contribution in [1.29, 1.82) is 0 Å². The van der Waals surface area contributed by atoms with Crippen LogP contribution < -0.4 is 9.47 Å². The number of hydrogen-bond acceptors (Lipinski definition) is 7. The van der Waals surface area contributed by atoms with Crippen molar-refractivity contribution < 1.29 is 33.2 Å². The summed E-state index contributed by atoms with van der Waals surface area (Å²) in [6, 6.07) is 35.7. The molecule has 0 aliphatic carbocycles. The van der Waals surface area contributed by atoms with Crippen LogP contribution >= 0.6 is 0 Å². The number of ether oxygens (including phenoxy) is 7. The molecule has 7 nitrogen and oxygen atoms in total. The van der Waals surface area contributed by atoms with Crippen molar-refractivity contribution in [2.24, 2.45) is 0 Å². The van der Waals surface area contributed by atoms with Crippen LogP contribution in [-0.4, -0.2) is 45.2 Å². The van der Waals surface area contributed by atoms with Crippen LogP contribution in [0, 0.1) is 0 Å². The van der Waals surface area contributed by atoms with E-state index in [4.69, 9.17) is 33.2 Å². The number of hydrogen-bond donors (Lipinski definition) is 0. The maximum Gasteiger partial charge on any atom is 0.184 e. The van der Waals surface area contributed by atoms with Gasteiger partial charge in [0.1, 0.15) is 35.6 Å². The molecule has 2 fully saturated rings. The molecule has 4 aromatic rings. The molecule has 0 saturated carbocycles. The summed E-state index contributed by atoms with van der Waals surface area (Å²) in [5.41, 5.74) is 3.96. The van der Waals surface area contributed by atoms with Crippen LogP contribution in [0.4, 0.5) is 0 Å². The molecule has 6 rings (SSSR count). The summed E-state index contributed by atoms with van der Waals surface area (Å²) in [5, 5.41) is 0. The first kappa shape index (κ1) is 29.0. The summed E-state index contributed by atoms with van der Waals surface area (Å²) in [7, 11) is 3.31. The maximum atomic E-state index is 6.71. The summed E-state index contributed by atoms with van der Waals surface area (Å²) in [4.78, 5) is 0. The Morgan fingerprint density at radius 3 is 1.88 bits per heavy atom. The average molecular weight is 581 g/mol. The van der Waals surface area contributed by atoms with E-state index < -0.39 is 24.6 Å². The molecule has 0 radical (unpaired) electrons. The highest BCUT2D eigenvalue weighted by Crippen LogP contribution is 2.39. The molecule has 4 aromatic carbocycles. The number of methoxy groups -OCH3 is 2. The van der Waals surface area contributed by atoms with Crippen molar-refractivity contribution in [1.82, 2.24) is 0 Å². The van der Waals surface area contributed by atoms with Crippen molar-refractivity contribution in [2.75, 3.05) is 20.8 Å². The molecule has 222 valence electrons. The summed E-state index contributed by atoms with van der Waals surface area (Å²) < 4.78 is 43.4. The SMILES string of the molecule is COc1ccc(CO[C@H]2[C@@H]3OC(c4ccccc4)OC[C@H]3O/C(=C\c3ccccc3)[C@@H]2OCc2ccc(OC)cc2)cc1. The first-order valence-corrected chi connectivity index (χ1v) is 14.4. The van der Waals surface area contributed by atoms with Crippen molar-refractivity contribution in [3.05, 3.63) is 137 Å². The maximum absolute atomic E-state index is 6.71. The van der Waals surface area contributed by atoms with Crippen molar-refractivity contribution >= 4 is 6.08 Å². The van der Waals surface area contributed by atoms with Crippen LogP contribution in [0.25, 0.3) is 6.08 Å². The van der Waals surface area contributed by atoms with Crippen molar-refractivity contribution in [3.8, 4) is 11.5 Å². The standard InChI is InChI=1S/C36H36O7/c1-37-29-17-13-26(14-18-29)22-39-33-31(21-25-9-5-3-6-10-25)42-32-24-41-36(28-11-7-4-8-12-28)43-34(32)35(33)40-23-27-15-19-30(38-2)20-16-27/h3-21,32-36H,22-24H2,1-2H3/b31-21-/t32-,33+,34-,35-,36?/m1/s1. The molecule has 0 N–H and O–H groups in total. The highest BCUT2D eigenvalue weighted by molar-refractivity contribution is 5.52. The van der Waals surface area contributed by atoms with Crippen LogP contribution in [-0.2, 0) is 36.9 Å². The second-order valence-corrected chi connectivity index (χ2v) is 10.5. The smallest absolute Gasteiger partial charge is 0.184 e. The summed E-state index contributed by atoms with van der Waals surface area (Å²) >= 11 is 0. The van der Waals surface area contributed by atoms with Gasteiger partial charge in [-0.05, 0) is 47.0 Å². The van der Waals surface area contributed by atoms with Crippen LogP contribution in [0.15, 0.2) is 115 Å². The van der Waals surface area contributed by atoms with Crippen molar-refractivity contribution in [2.45, 2.75) is 43.9 Å². The molecule has 7 heteroatoms. The second kappa shape index (κ2) is 13.9. The van der Waals surface area contributed by atoms with Crippen LogP contribution in [0.1, 0.15) is 28.5 Å². The Balaban J connectivity index is 1.32. The van der Waals surface area contributed by atoms with E-state index in [1.807, 2.05) is 115 Å². The molecule has 2 heterocycles. The van der Waals surface area contributed by atoms with Gasteiger partial charge in [0.2, 0.25) is 0 Å². The Kier molecular flexibility index (Phi) is 9.35. The lowest BCUT2D eigenvalue weighted by Gasteiger charge is -2.47. The first-order valence-electron chi connectivity index (χ1n) is 14.4. The molecule has 0 bridgehead atoms. The Morgan fingerprint density at radius 1 is 0.698 bits per heavy atom. The van der Waals surface area contributed by atoms with Gasteiger partial charge in [-0.15, -0.1) is 0 Å². The fourth-order valence-electron chi connectivity index (χ4n) is 5.31. The molecular weight excluding hydrogens is 544 g/mol. The molecule has 1 unspecified atom stereocenters. The summed E-state index contributed by atoms with van der Waals surface area (Å²) in [6.45, 7) is 1.06. The third-order valence-electron chi connectivity index (χ3n) is 7.62. The van der Waals surface area contributed by atoms with Gasteiger partial charge < -0.3 is 33.2 Å². The number of fused-ring (bicyclic) bond motifs is 1. The number of benzene rings is 4. The molecule has 0 spiro atoms. The minimum atomic E-state index is -0.545. The summed E-state index contributed by atoms with van der Waals surface area (Å²) in [5.74, 6) is 2.26. The molecule has 0 aromatic heterocycles. The lowest BCUT2D eigenvalue weighted by molar-refractivity contribution is -0.311. The fraction of sp³-hybridized carbons (Fsp3) is 0.278. The van der Waals surface area contributed by atoms with Crippen molar-refractivity contribution in [3.63, 3.8) is 0 Å². The Bertz CT molecular complexity index is 1460. The zero-order valence-electron chi connectivity index (χ0n) is 24.3. The van der Waals surface area contributed by atoms with Gasteiger partial charge in [-0.1, -0.05) is 84.9 Å². The van der Waals surface area contributed by atoms with Crippen LogP contribution in [0.3, 0.4) is 0 Å². The highest BCUT2D eigenvalue weighted by Gasteiger charge is 2.50. The lowest BCUT2D eigenvalue weighted by atomic mass is 9.95. The zero-order valence-corrected chi connectivity index (χ0v) is 24.3. The van der Waals surface area contributed by atoms with Crippen LogP contribution in [0.2, 0.25) is 0 Å². The van der Waals surface area contributed by atoms with Gasteiger partial charge >= 0.3 is 0 Å². The largest absolute Gasteiger partial charge is 0.497 e. The van der Waals surface area contributed by atoms with E-state index in [0.29, 0.717) is 25.6 Å². The minimum absolute atomic E-state index is 0.350. The summed E-state index contributed by atoms with van der Waals surface area (Å²) in [6.07, 6.45) is -0.370. The van der Waals surface area contributed by atoms with E-state index >= 15 is 0 Å².